The third kappa shape index (κ3) is 5.20. The molecule has 0 spiro atoms. The molecule has 0 atom stereocenters. The number of Topliss-reactive ketones (excluding diaryl/α,β-unsaturated/α-hetero) is 1. The Labute approximate surface area is 163 Å². The van der Waals surface area contributed by atoms with Gasteiger partial charge >= 0.3 is 5.97 Å². The number of morpholine rings is 1. The van der Waals surface area contributed by atoms with E-state index in [4.69, 9.17) is 9.47 Å². The number of hydrogen-bond acceptors (Lipinski definition) is 6. The average Bonchev–Trinajstić information content (AvgIpc) is 3.14. The maximum atomic E-state index is 13.1. The molecule has 2 aromatic rings. The largest absolute Gasteiger partial charge is 0.454 e. The van der Waals surface area contributed by atoms with Crippen LogP contribution in [0.1, 0.15) is 24.9 Å². The van der Waals surface area contributed by atoms with Gasteiger partial charge in [-0.05, 0) is 24.3 Å². The molecular weight excluding hydrogens is 392 g/mol. The Morgan fingerprint density at radius 3 is 2.43 bits per heavy atom. The van der Waals surface area contributed by atoms with Crippen LogP contribution in [0, 0.1) is 11.6 Å². The molecule has 0 saturated carbocycles. The van der Waals surface area contributed by atoms with E-state index in [9.17, 15) is 23.2 Å². The number of nitrogens with zero attached hydrogens (tertiary/aromatic N) is 1. The molecule has 6 nitrogen and oxygen atoms in total. The van der Waals surface area contributed by atoms with Crippen molar-refractivity contribution in [3.05, 3.63) is 57.3 Å². The van der Waals surface area contributed by atoms with E-state index >= 15 is 0 Å². The van der Waals surface area contributed by atoms with Crippen molar-refractivity contribution in [3.63, 3.8) is 0 Å². The maximum absolute atomic E-state index is 13.1. The van der Waals surface area contributed by atoms with Gasteiger partial charge < -0.3 is 14.4 Å². The summed E-state index contributed by atoms with van der Waals surface area (Å²) in [4.78, 5) is 39.0. The Kier molecular flexibility index (Phi) is 6.48. The van der Waals surface area contributed by atoms with Crippen LogP contribution in [0.5, 0.6) is 0 Å². The third-order valence-electron chi connectivity index (χ3n) is 4.06. The SMILES string of the molecule is O=C(OCC(=O)c1ccc(CC(=O)N2CCOCC2)s1)c1cc(F)cc(F)c1. The van der Waals surface area contributed by atoms with Crippen molar-refractivity contribution in [1.29, 1.82) is 0 Å². The van der Waals surface area contributed by atoms with Crippen molar-refractivity contribution >= 4 is 29.0 Å². The Hall–Kier alpha value is -2.65. The van der Waals surface area contributed by atoms with Crippen molar-refractivity contribution < 1.29 is 32.6 Å². The van der Waals surface area contributed by atoms with Crippen LogP contribution < -0.4 is 0 Å². The summed E-state index contributed by atoms with van der Waals surface area (Å²) in [7, 11) is 0. The van der Waals surface area contributed by atoms with E-state index in [0.29, 0.717) is 37.2 Å². The van der Waals surface area contributed by atoms with Crippen molar-refractivity contribution in [2.75, 3.05) is 32.9 Å². The Balaban J connectivity index is 1.53. The molecule has 1 aromatic carbocycles. The van der Waals surface area contributed by atoms with Crippen LogP contribution in [-0.4, -0.2) is 55.5 Å². The first kappa shape index (κ1) is 20.1. The summed E-state index contributed by atoms with van der Waals surface area (Å²) in [6, 6.07) is 5.53. The monoisotopic (exact) mass is 409 g/mol. The number of amides is 1. The number of carbonyl (C=O) groups is 3. The highest BCUT2D eigenvalue weighted by molar-refractivity contribution is 7.14. The highest BCUT2D eigenvalue weighted by Gasteiger charge is 2.19. The lowest BCUT2D eigenvalue weighted by molar-refractivity contribution is -0.134. The van der Waals surface area contributed by atoms with Gasteiger partial charge in [-0.25, -0.2) is 13.6 Å². The van der Waals surface area contributed by atoms with Gasteiger partial charge in [-0.3, -0.25) is 9.59 Å². The first-order chi connectivity index (χ1) is 13.4. The fourth-order valence-corrected chi connectivity index (χ4v) is 3.58. The predicted molar refractivity (Wildman–Crippen MR) is 96.4 cm³/mol. The molecule has 1 amide bonds. The van der Waals surface area contributed by atoms with Gasteiger partial charge in [0.2, 0.25) is 11.7 Å². The lowest BCUT2D eigenvalue weighted by Gasteiger charge is -2.26. The fraction of sp³-hybridized carbons (Fsp3) is 0.316. The molecule has 1 saturated heterocycles. The Morgan fingerprint density at radius 1 is 1.07 bits per heavy atom. The minimum Gasteiger partial charge on any atom is -0.454 e. The first-order valence-corrected chi connectivity index (χ1v) is 9.34. The standard InChI is InChI=1S/C19H17F2NO5S/c20-13-7-12(8-14(21)9-13)19(25)27-11-16(23)17-2-1-15(28-17)10-18(24)22-3-5-26-6-4-22/h1-2,7-9H,3-6,10-11H2. The van der Waals surface area contributed by atoms with Crippen LogP contribution in [-0.2, 0) is 20.7 Å². The van der Waals surface area contributed by atoms with Gasteiger partial charge in [-0.2, -0.15) is 0 Å². The number of carbonyl (C=O) groups excluding carboxylic acids is 3. The number of hydrogen-bond donors (Lipinski definition) is 0. The van der Waals surface area contributed by atoms with Crippen LogP contribution >= 0.6 is 11.3 Å². The molecule has 0 radical (unpaired) electrons. The van der Waals surface area contributed by atoms with E-state index in [1.165, 1.54) is 0 Å². The number of ketones is 1. The summed E-state index contributed by atoms with van der Waals surface area (Å²) < 4.78 is 36.3. The molecule has 1 fully saturated rings. The molecule has 2 heterocycles. The molecule has 9 heteroatoms. The predicted octanol–water partition coefficient (Wildman–Crippen LogP) is 2.47. The lowest BCUT2D eigenvalue weighted by atomic mass is 10.2. The average molecular weight is 409 g/mol. The second kappa shape index (κ2) is 9.03. The van der Waals surface area contributed by atoms with Crippen molar-refractivity contribution in [3.8, 4) is 0 Å². The first-order valence-electron chi connectivity index (χ1n) is 8.53. The molecule has 0 unspecified atom stereocenters. The van der Waals surface area contributed by atoms with Crippen molar-refractivity contribution in [1.82, 2.24) is 4.90 Å². The molecule has 1 aromatic heterocycles. The zero-order chi connectivity index (χ0) is 20.1. The van der Waals surface area contributed by atoms with E-state index in [1.807, 2.05) is 0 Å². The number of halogens is 2. The molecule has 3 rings (SSSR count). The zero-order valence-corrected chi connectivity index (χ0v) is 15.6. The molecule has 148 valence electrons. The highest BCUT2D eigenvalue weighted by Crippen LogP contribution is 2.19. The second-order valence-corrected chi connectivity index (χ2v) is 7.26. The van der Waals surface area contributed by atoms with E-state index in [-0.39, 0.29) is 17.9 Å². The van der Waals surface area contributed by atoms with Gasteiger partial charge in [0, 0.05) is 24.0 Å². The normalized spacial score (nSPS) is 14.0. The molecule has 0 N–H and O–H groups in total. The summed E-state index contributed by atoms with van der Waals surface area (Å²) in [6.07, 6.45) is 0.181. The van der Waals surface area contributed by atoms with Crippen molar-refractivity contribution in [2.24, 2.45) is 0 Å². The van der Waals surface area contributed by atoms with E-state index in [0.717, 1.165) is 28.3 Å². The minimum absolute atomic E-state index is 0.0382. The van der Waals surface area contributed by atoms with E-state index in [1.54, 1.807) is 17.0 Å². The number of benzene rings is 1. The van der Waals surface area contributed by atoms with Gasteiger partial charge in [0.05, 0.1) is 30.1 Å². The van der Waals surface area contributed by atoms with Gasteiger partial charge in [-0.15, -0.1) is 11.3 Å². The summed E-state index contributed by atoms with van der Waals surface area (Å²) in [5.74, 6) is -3.31. The number of rotatable bonds is 6. The molecule has 28 heavy (non-hydrogen) atoms. The van der Waals surface area contributed by atoms with Crippen molar-refractivity contribution in [2.45, 2.75) is 6.42 Å². The van der Waals surface area contributed by atoms with Gasteiger partial charge in [0.15, 0.2) is 6.61 Å². The van der Waals surface area contributed by atoms with Crippen LogP contribution in [0.2, 0.25) is 0 Å². The zero-order valence-electron chi connectivity index (χ0n) is 14.8. The second-order valence-electron chi connectivity index (χ2n) is 6.09. The molecule has 0 bridgehead atoms. The Morgan fingerprint density at radius 2 is 1.75 bits per heavy atom. The summed E-state index contributed by atoms with van der Waals surface area (Å²) in [6.45, 7) is 1.56. The summed E-state index contributed by atoms with van der Waals surface area (Å²) in [5, 5.41) is 0. The van der Waals surface area contributed by atoms with Gasteiger partial charge in [0.25, 0.3) is 0 Å². The molecular formula is C19H17F2NO5S. The lowest BCUT2D eigenvalue weighted by Crippen LogP contribution is -2.41. The van der Waals surface area contributed by atoms with Gasteiger partial charge in [-0.1, -0.05) is 0 Å². The summed E-state index contributed by atoms with van der Waals surface area (Å²) >= 11 is 1.15. The third-order valence-corrected chi connectivity index (χ3v) is 5.18. The summed E-state index contributed by atoms with van der Waals surface area (Å²) in [5.41, 5.74) is -0.312. The van der Waals surface area contributed by atoms with Gasteiger partial charge in [0.1, 0.15) is 11.6 Å². The fourth-order valence-electron chi connectivity index (χ4n) is 2.65. The highest BCUT2D eigenvalue weighted by atomic mass is 32.1. The van der Waals surface area contributed by atoms with E-state index in [2.05, 4.69) is 0 Å². The molecule has 1 aliphatic rings. The minimum atomic E-state index is -0.994. The Bertz CT molecular complexity index is 872. The number of ether oxygens (including phenoxy) is 2. The van der Waals surface area contributed by atoms with Crippen LogP contribution in [0.4, 0.5) is 8.78 Å². The maximum Gasteiger partial charge on any atom is 0.338 e. The van der Waals surface area contributed by atoms with Crippen LogP contribution in [0.3, 0.4) is 0 Å². The number of thiophene rings is 1. The van der Waals surface area contributed by atoms with Crippen LogP contribution in [0.25, 0.3) is 0 Å². The molecule has 0 aliphatic carbocycles. The number of esters is 1. The smallest absolute Gasteiger partial charge is 0.338 e. The van der Waals surface area contributed by atoms with E-state index < -0.39 is 30.0 Å². The topological polar surface area (TPSA) is 72.9 Å². The quantitative estimate of drug-likeness (QED) is 0.541. The molecule has 1 aliphatic heterocycles. The van der Waals surface area contributed by atoms with Crippen LogP contribution in [0.15, 0.2) is 30.3 Å².